The van der Waals surface area contributed by atoms with E-state index < -0.39 is 0 Å². The Morgan fingerprint density at radius 2 is 1.65 bits per heavy atom. The van der Waals surface area contributed by atoms with Crippen molar-refractivity contribution in [1.29, 1.82) is 0 Å². The van der Waals surface area contributed by atoms with Gasteiger partial charge in [0.1, 0.15) is 0 Å². The van der Waals surface area contributed by atoms with Gasteiger partial charge in [-0.25, -0.2) is 0 Å². The zero-order valence-electron chi connectivity index (χ0n) is 12.8. The largest absolute Gasteiger partial charge is 0.336 e. The number of rotatable bonds is 3. The summed E-state index contributed by atoms with van der Waals surface area (Å²) in [5, 5.41) is 0. The van der Waals surface area contributed by atoms with Crippen LogP contribution in [-0.4, -0.2) is 55.0 Å². The average Bonchev–Trinajstić information content (AvgIpc) is 2.38. The normalized spacial score (nSPS) is 16.5. The van der Waals surface area contributed by atoms with Gasteiger partial charge in [0.15, 0.2) is 0 Å². The summed E-state index contributed by atoms with van der Waals surface area (Å²) in [6, 6.07) is 4.18. The third kappa shape index (κ3) is 3.19. The molecule has 0 aromatic heterocycles. The van der Waals surface area contributed by atoms with Crippen molar-refractivity contribution in [3.8, 4) is 0 Å². The fraction of sp³-hybridized carbons (Fsp3) is 0.562. The maximum Gasteiger partial charge on any atom is 0.254 e. The molecule has 20 heavy (non-hydrogen) atoms. The lowest BCUT2D eigenvalue weighted by Crippen LogP contribution is -2.50. The van der Waals surface area contributed by atoms with E-state index in [4.69, 9.17) is 5.73 Å². The molecule has 1 aliphatic rings. The molecule has 1 aliphatic heterocycles. The SMILES string of the molecule is Cc1cc(C)c(C(=O)N2CCN(CCN)CC2)c(C)c1. The van der Waals surface area contributed by atoms with Gasteiger partial charge >= 0.3 is 0 Å². The predicted molar refractivity (Wildman–Crippen MR) is 82.1 cm³/mol. The van der Waals surface area contributed by atoms with E-state index in [2.05, 4.69) is 24.0 Å². The summed E-state index contributed by atoms with van der Waals surface area (Å²) in [7, 11) is 0. The molecule has 2 rings (SSSR count). The molecule has 4 nitrogen and oxygen atoms in total. The molecule has 2 N–H and O–H groups in total. The van der Waals surface area contributed by atoms with Gasteiger partial charge in [0.05, 0.1) is 0 Å². The highest BCUT2D eigenvalue weighted by Crippen LogP contribution is 2.19. The summed E-state index contributed by atoms with van der Waals surface area (Å²) in [6.45, 7) is 11.2. The first-order valence-corrected chi connectivity index (χ1v) is 7.32. The molecule has 0 radical (unpaired) electrons. The molecule has 0 atom stereocenters. The zero-order valence-corrected chi connectivity index (χ0v) is 12.8. The first-order valence-electron chi connectivity index (χ1n) is 7.32. The van der Waals surface area contributed by atoms with Crippen molar-refractivity contribution in [2.24, 2.45) is 5.73 Å². The van der Waals surface area contributed by atoms with Crippen LogP contribution in [0.2, 0.25) is 0 Å². The zero-order chi connectivity index (χ0) is 14.7. The van der Waals surface area contributed by atoms with Crippen LogP contribution in [0.15, 0.2) is 12.1 Å². The van der Waals surface area contributed by atoms with Crippen LogP contribution in [0, 0.1) is 20.8 Å². The Hall–Kier alpha value is -1.39. The fourth-order valence-electron chi connectivity index (χ4n) is 3.03. The fourth-order valence-corrected chi connectivity index (χ4v) is 3.03. The van der Waals surface area contributed by atoms with Crippen LogP contribution in [-0.2, 0) is 0 Å². The number of carbonyl (C=O) groups is 1. The van der Waals surface area contributed by atoms with Gasteiger partial charge in [-0.3, -0.25) is 9.69 Å². The van der Waals surface area contributed by atoms with Crippen molar-refractivity contribution in [1.82, 2.24) is 9.80 Å². The van der Waals surface area contributed by atoms with Gasteiger partial charge in [-0.1, -0.05) is 17.7 Å². The van der Waals surface area contributed by atoms with Crippen molar-refractivity contribution in [2.45, 2.75) is 20.8 Å². The number of hydrogen-bond acceptors (Lipinski definition) is 3. The molecule has 0 bridgehead atoms. The molecule has 4 heteroatoms. The predicted octanol–water partition coefficient (Wildman–Crippen LogP) is 1.33. The van der Waals surface area contributed by atoms with Crippen molar-refractivity contribution < 1.29 is 4.79 Å². The van der Waals surface area contributed by atoms with Crippen LogP contribution in [0.1, 0.15) is 27.0 Å². The minimum absolute atomic E-state index is 0.174. The van der Waals surface area contributed by atoms with Gasteiger partial charge < -0.3 is 10.6 Å². The molecule has 1 amide bonds. The van der Waals surface area contributed by atoms with Gasteiger partial charge in [-0.15, -0.1) is 0 Å². The summed E-state index contributed by atoms with van der Waals surface area (Å²) in [6.07, 6.45) is 0. The standard InChI is InChI=1S/C16H25N3O/c1-12-10-13(2)15(14(3)11-12)16(20)19-8-6-18(5-4-17)7-9-19/h10-11H,4-9,17H2,1-3H3. The molecule has 1 aromatic rings. The summed E-state index contributed by atoms with van der Waals surface area (Å²) < 4.78 is 0. The summed E-state index contributed by atoms with van der Waals surface area (Å²) in [5.74, 6) is 0.174. The Labute approximate surface area is 121 Å². The minimum atomic E-state index is 0.174. The highest BCUT2D eigenvalue weighted by atomic mass is 16.2. The number of nitrogens with zero attached hydrogens (tertiary/aromatic N) is 2. The average molecular weight is 275 g/mol. The maximum atomic E-state index is 12.7. The first-order chi connectivity index (χ1) is 9.52. The van der Waals surface area contributed by atoms with E-state index in [-0.39, 0.29) is 5.91 Å². The van der Waals surface area contributed by atoms with Crippen LogP contribution >= 0.6 is 0 Å². The monoisotopic (exact) mass is 275 g/mol. The molecular formula is C16H25N3O. The van der Waals surface area contributed by atoms with Gasteiger partial charge in [0.2, 0.25) is 0 Å². The van der Waals surface area contributed by atoms with Gasteiger partial charge in [0, 0.05) is 44.8 Å². The molecule has 1 fully saturated rings. The second-order valence-electron chi connectivity index (χ2n) is 5.70. The van der Waals surface area contributed by atoms with Crippen LogP contribution in [0.5, 0.6) is 0 Å². The minimum Gasteiger partial charge on any atom is -0.336 e. The lowest BCUT2D eigenvalue weighted by atomic mass is 9.98. The molecule has 1 saturated heterocycles. The van der Waals surface area contributed by atoms with Crippen molar-refractivity contribution >= 4 is 5.91 Å². The molecule has 0 unspecified atom stereocenters. The number of carbonyl (C=O) groups excluding carboxylic acids is 1. The molecule has 0 spiro atoms. The van der Waals surface area contributed by atoms with E-state index in [1.807, 2.05) is 18.7 Å². The van der Waals surface area contributed by atoms with Crippen LogP contribution in [0.3, 0.4) is 0 Å². The number of amides is 1. The van der Waals surface area contributed by atoms with Crippen LogP contribution in [0.25, 0.3) is 0 Å². The third-order valence-electron chi connectivity index (χ3n) is 4.00. The highest BCUT2D eigenvalue weighted by molar-refractivity contribution is 5.97. The van der Waals surface area contributed by atoms with Crippen LogP contribution in [0.4, 0.5) is 0 Å². The molecule has 0 saturated carbocycles. The number of piperazine rings is 1. The molecule has 1 aromatic carbocycles. The number of aryl methyl sites for hydroxylation is 3. The van der Waals surface area contributed by atoms with Gasteiger partial charge in [0.25, 0.3) is 5.91 Å². The van der Waals surface area contributed by atoms with Gasteiger partial charge in [-0.05, 0) is 31.9 Å². The van der Waals surface area contributed by atoms with E-state index in [1.54, 1.807) is 0 Å². The summed E-state index contributed by atoms with van der Waals surface area (Å²) in [4.78, 5) is 17.0. The Bertz CT molecular complexity index is 467. The van der Waals surface area contributed by atoms with E-state index in [9.17, 15) is 4.79 Å². The van der Waals surface area contributed by atoms with Crippen molar-refractivity contribution in [3.63, 3.8) is 0 Å². The van der Waals surface area contributed by atoms with Gasteiger partial charge in [-0.2, -0.15) is 0 Å². The third-order valence-corrected chi connectivity index (χ3v) is 4.00. The van der Waals surface area contributed by atoms with Crippen molar-refractivity contribution in [3.05, 3.63) is 34.4 Å². The quantitative estimate of drug-likeness (QED) is 0.905. The maximum absolute atomic E-state index is 12.7. The Morgan fingerprint density at radius 1 is 1.10 bits per heavy atom. The number of nitrogens with two attached hydrogens (primary N) is 1. The smallest absolute Gasteiger partial charge is 0.254 e. The second kappa shape index (κ2) is 6.37. The Morgan fingerprint density at radius 3 is 2.15 bits per heavy atom. The van der Waals surface area contributed by atoms with Crippen molar-refractivity contribution in [2.75, 3.05) is 39.3 Å². The molecule has 110 valence electrons. The van der Waals surface area contributed by atoms with E-state index in [0.29, 0.717) is 6.54 Å². The number of benzene rings is 1. The van der Waals surface area contributed by atoms with Crippen LogP contribution < -0.4 is 5.73 Å². The summed E-state index contributed by atoms with van der Waals surface area (Å²) in [5.41, 5.74) is 9.83. The highest BCUT2D eigenvalue weighted by Gasteiger charge is 2.23. The molecule has 0 aliphatic carbocycles. The summed E-state index contributed by atoms with van der Waals surface area (Å²) >= 11 is 0. The van der Waals surface area contributed by atoms with E-state index in [0.717, 1.165) is 49.4 Å². The second-order valence-corrected chi connectivity index (χ2v) is 5.70. The van der Waals surface area contributed by atoms with E-state index in [1.165, 1.54) is 5.56 Å². The first kappa shape index (κ1) is 15.0. The molecule has 1 heterocycles. The lowest BCUT2D eigenvalue weighted by Gasteiger charge is -2.35. The Balaban J connectivity index is 2.10. The number of hydrogen-bond donors (Lipinski definition) is 1. The lowest BCUT2D eigenvalue weighted by molar-refractivity contribution is 0.0639. The Kier molecular flexibility index (Phi) is 4.78. The van der Waals surface area contributed by atoms with E-state index >= 15 is 0 Å². The molecular weight excluding hydrogens is 250 g/mol. The topological polar surface area (TPSA) is 49.6 Å².